The van der Waals surface area contributed by atoms with Crippen LogP contribution in [0.1, 0.15) is 30.9 Å². The van der Waals surface area contributed by atoms with E-state index in [1.165, 1.54) is 29.7 Å². The van der Waals surface area contributed by atoms with Gasteiger partial charge in [0.2, 0.25) is 0 Å². The van der Waals surface area contributed by atoms with Crippen LogP contribution in [-0.4, -0.2) is 49.0 Å². The zero-order valence-electron chi connectivity index (χ0n) is 15.0. The summed E-state index contributed by atoms with van der Waals surface area (Å²) in [5.41, 5.74) is 2.66. The Hall–Kier alpha value is -0.470. The molecule has 0 aromatic heterocycles. The molecule has 0 spiro atoms. The highest BCUT2D eigenvalue weighted by Gasteiger charge is 2.15. The lowest BCUT2D eigenvalue weighted by molar-refractivity contribution is 0.345. The molecule has 1 unspecified atom stereocenters. The fourth-order valence-corrected chi connectivity index (χ4v) is 3.88. The fraction of sp³-hybridized carbons (Fsp3) is 0.611. The van der Waals surface area contributed by atoms with E-state index >= 15 is 0 Å². The normalized spacial score (nSPS) is 17.7. The van der Waals surface area contributed by atoms with Crippen LogP contribution in [0.4, 0.5) is 0 Å². The number of nitrogens with one attached hydrogen (secondary N) is 2. The second-order valence-corrected chi connectivity index (χ2v) is 7.50. The lowest BCUT2D eigenvalue weighted by atomic mass is 10.1. The first kappa shape index (κ1) is 21.6. The molecule has 1 aliphatic heterocycles. The standard InChI is InChI=1S/C18H30N4S.HI/c1-4-22(3)14-16-8-5-7-15(11-16)12-20-18(19-2)21-13-17-9-6-10-23-17;/h5,7-8,11,17H,4,6,9-10,12-14H2,1-3H3,(H2,19,20,21);1H. The van der Waals surface area contributed by atoms with Crippen molar-refractivity contribution in [1.82, 2.24) is 15.5 Å². The van der Waals surface area contributed by atoms with Crippen molar-refractivity contribution in [2.45, 2.75) is 38.1 Å². The highest BCUT2D eigenvalue weighted by molar-refractivity contribution is 14.0. The molecule has 1 aliphatic rings. The van der Waals surface area contributed by atoms with Gasteiger partial charge in [0.05, 0.1) is 0 Å². The minimum atomic E-state index is 0. The van der Waals surface area contributed by atoms with Crippen molar-refractivity contribution >= 4 is 41.7 Å². The first-order valence-corrected chi connectivity index (χ1v) is 9.58. The van der Waals surface area contributed by atoms with Crippen LogP contribution >= 0.6 is 35.7 Å². The SMILES string of the molecule is CCN(C)Cc1cccc(CNC(=NC)NCC2CCCS2)c1.I. The molecule has 1 aromatic carbocycles. The third-order valence-electron chi connectivity index (χ3n) is 4.19. The van der Waals surface area contributed by atoms with Crippen LogP contribution < -0.4 is 10.6 Å². The van der Waals surface area contributed by atoms with Gasteiger partial charge < -0.3 is 15.5 Å². The summed E-state index contributed by atoms with van der Waals surface area (Å²) < 4.78 is 0. The molecule has 2 rings (SSSR count). The third kappa shape index (κ3) is 7.61. The van der Waals surface area contributed by atoms with Crippen LogP contribution in [0.5, 0.6) is 0 Å². The molecule has 0 bridgehead atoms. The number of aliphatic imine (C=N–C) groups is 1. The van der Waals surface area contributed by atoms with E-state index in [0.29, 0.717) is 0 Å². The summed E-state index contributed by atoms with van der Waals surface area (Å²) in [4.78, 5) is 6.64. The van der Waals surface area contributed by atoms with Gasteiger partial charge in [0.25, 0.3) is 0 Å². The maximum absolute atomic E-state index is 4.33. The minimum Gasteiger partial charge on any atom is -0.355 e. The number of nitrogens with zero attached hydrogens (tertiary/aromatic N) is 2. The molecule has 24 heavy (non-hydrogen) atoms. The molecule has 1 aromatic rings. The minimum absolute atomic E-state index is 0. The molecule has 0 radical (unpaired) electrons. The van der Waals surface area contributed by atoms with Gasteiger partial charge in [-0.2, -0.15) is 11.8 Å². The van der Waals surface area contributed by atoms with Gasteiger partial charge in [0.15, 0.2) is 5.96 Å². The molecule has 4 nitrogen and oxygen atoms in total. The molecular formula is C18H31IN4S. The molecule has 1 saturated heterocycles. The molecule has 6 heteroatoms. The highest BCUT2D eigenvalue weighted by atomic mass is 127. The van der Waals surface area contributed by atoms with Crippen LogP contribution in [0.2, 0.25) is 0 Å². The molecular weight excluding hydrogens is 431 g/mol. The molecule has 0 amide bonds. The van der Waals surface area contributed by atoms with Gasteiger partial charge in [-0.1, -0.05) is 31.2 Å². The van der Waals surface area contributed by atoms with E-state index in [2.05, 4.69) is 70.5 Å². The number of rotatable bonds is 7. The number of benzene rings is 1. The van der Waals surface area contributed by atoms with Crippen molar-refractivity contribution in [2.75, 3.05) is 32.9 Å². The quantitative estimate of drug-likeness (QED) is 0.371. The molecule has 0 saturated carbocycles. The molecule has 136 valence electrons. The van der Waals surface area contributed by atoms with E-state index in [1.807, 2.05) is 7.05 Å². The van der Waals surface area contributed by atoms with Crippen LogP contribution in [0.15, 0.2) is 29.3 Å². The first-order chi connectivity index (χ1) is 11.2. The van der Waals surface area contributed by atoms with Crippen LogP contribution in [0, 0.1) is 0 Å². The predicted molar refractivity (Wildman–Crippen MR) is 118 cm³/mol. The van der Waals surface area contributed by atoms with E-state index < -0.39 is 0 Å². The highest BCUT2D eigenvalue weighted by Crippen LogP contribution is 2.25. The van der Waals surface area contributed by atoms with Crippen molar-refractivity contribution in [1.29, 1.82) is 0 Å². The summed E-state index contributed by atoms with van der Waals surface area (Å²) in [6, 6.07) is 8.78. The molecule has 2 N–H and O–H groups in total. The monoisotopic (exact) mass is 462 g/mol. The Morgan fingerprint density at radius 2 is 2.12 bits per heavy atom. The van der Waals surface area contributed by atoms with Gasteiger partial charge in [-0.15, -0.1) is 24.0 Å². The third-order valence-corrected chi connectivity index (χ3v) is 5.59. The summed E-state index contributed by atoms with van der Waals surface area (Å²) in [5, 5.41) is 7.61. The summed E-state index contributed by atoms with van der Waals surface area (Å²) in [5.74, 6) is 2.20. The maximum atomic E-state index is 4.33. The average Bonchev–Trinajstić information content (AvgIpc) is 3.08. The Balaban J connectivity index is 0.00000288. The van der Waals surface area contributed by atoms with Crippen LogP contribution in [0.25, 0.3) is 0 Å². The van der Waals surface area contributed by atoms with Crippen molar-refractivity contribution < 1.29 is 0 Å². The van der Waals surface area contributed by atoms with Crippen LogP contribution in [0.3, 0.4) is 0 Å². The van der Waals surface area contributed by atoms with Gasteiger partial charge in [-0.3, -0.25) is 4.99 Å². The fourth-order valence-electron chi connectivity index (χ4n) is 2.68. The summed E-state index contributed by atoms with van der Waals surface area (Å²) in [6.07, 6.45) is 2.67. The van der Waals surface area contributed by atoms with Gasteiger partial charge in [-0.25, -0.2) is 0 Å². The molecule has 1 atom stereocenters. The van der Waals surface area contributed by atoms with E-state index in [0.717, 1.165) is 37.4 Å². The Kier molecular flexibility index (Phi) is 10.8. The lowest BCUT2D eigenvalue weighted by Crippen LogP contribution is -2.39. The van der Waals surface area contributed by atoms with Crippen LogP contribution in [-0.2, 0) is 13.1 Å². The molecule has 0 aliphatic carbocycles. The number of halogens is 1. The van der Waals surface area contributed by atoms with E-state index in [-0.39, 0.29) is 24.0 Å². The Morgan fingerprint density at radius 1 is 1.33 bits per heavy atom. The first-order valence-electron chi connectivity index (χ1n) is 8.53. The second kappa shape index (κ2) is 12.0. The number of hydrogen-bond acceptors (Lipinski definition) is 3. The number of hydrogen-bond donors (Lipinski definition) is 2. The number of guanidine groups is 1. The van der Waals surface area contributed by atoms with Gasteiger partial charge in [0, 0.05) is 31.9 Å². The zero-order chi connectivity index (χ0) is 16.5. The summed E-state index contributed by atoms with van der Waals surface area (Å²) in [6.45, 7) is 6.06. The zero-order valence-corrected chi connectivity index (χ0v) is 18.2. The molecule has 1 fully saturated rings. The van der Waals surface area contributed by atoms with E-state index in [9.17, 15) is 0 Å². The Bertz CT molecular complexity index is 504. The number of thioether (sulfide) groups is 1. The molecule has 1 heterocycles. The Labute approximate surface area is 168 Å². The smallest absolute Gasteiger partial charge is 0.191 e. The van der Waals surface area contributed by atoms with Gasteiger partial charge >= 0.3 is 0 Å². The topological polar surface area (TPSA) is 39.7 Å². The average molecular weight is 462 g/mol. The predicted octanol–water partition coefficient (Wildman–Crippen LogP) is 3.32. The van der Waals surface area contributed by atoms with Crippen molar-refractivity contribution in [2.24, 2.45) is 4.99 Å². The van der Waals surface area contributed by atoms with Crippen molar-refractivity contribution in [3.05, 3.63) is 35.4 Å². The van der Waals surface area contributed by atoms with Crippen molar-refractivity contribution in [3.63, 3.8) is 0 Å². The largest absolute Gasteiger partial charge is 0.355 e. The van der Waals surface area contributed by atoms with E-state index in [4.69, 9.17) is 0 Å². The Morgan fingerprint density at radius 3 is 2.79 bits per heavy atom. The summed E-state index contributed by atoms with van der Waals surface area (Å²) in [7, 11) is 3.99. The maximum Gasteiger partial charge on any atom is 0.191 e. The summed E-state index contributed by atoms with van der Waals surface area (Å²) >= 11 is 2.07. The second-order valence-electron chi connectivity index (χ2n) is 6.09. The van der Waals surface area contributed by atoms with Gasteiger partial charge in [0.1, 0.15) is 0 Å². The van der Waals surface area contributed by atoms with Crippen molar-refractivity contribution in [3.8, 4) is 0 Å². The lowest BCUT2D eigenvalue weighted by Gasteiger charge is -2.16. The van der Waals surface area contributed by atoms with E-state index in [1.54, 1.807) is 0 Å². The van der Waals surface area contributed by atoms with Gasteiger partial charge in [-0.05, 0) is 43.3 Å².